The molecule has 0 saturated carbocycles. The summed E-state index contributed by atoms with van der Waals surface area (Å²) in [7, 11) is 3.31. The molecule has 0 bridgehead atoms. The highest BCUT2D eigenvalue weighted by molar-refractivity contribution is 6.30. The lowest BCUT2D eigenvalue weighted by Gasteiger charge is -2.36. The molecule has 0 radical (unpaired) electrons. The summed E-state index contributed by atoms with van der Waals surface area (Å²) in [4.78, 5) is 27.3. The average Bonchev–Trinajstić information content (AvgIpc) is 2.47. The maximum Gasteiger partial charge on any atom is 0.232 e. The van der Waals surface area contributed by atoms with Crippen LogP contribution in [0.25, 0.3) is 0 Å². The number of halogens is 2. The van der Waals surface area contributed by atoms with Gasteiger partial charge in [0.2, 0.25) is 11.8 Å². The van der Waals surface area contributed by atoms with Crippen LogP contribution in [-0.4, -0.2) is 55.3 Å². The molecule has 1 aliphatic heterocycles. The van der Waals surface area contributed by atoms with Crippen molar-refractivity contribution in [3.8, 4) is 0 Å². The first-order chi connectivity index (χ1) is 9.99. The van der Waals surface area contributed by atoms with E-state index in [4.69, 9.17) is 11.6 Å². The first-order valence-corrected chi connectivity index (χ1v) is 7.32. The highest BCUT2D eigenvalue weighted by Gasteiger charge is 2.29. The van der Waals surface area contributed by atoms with Crippen LogP contribution >= 0.6 is 24.0 Å². The van der Waals surface area contributed by atoms with Crippen LogP contribution in [0.2, 0.25) is 5.02 Å². The number of nitrogens with one attached hydrogen (secondary N) is 1. The Morgan fingerprint density at radius 2 is 2.14 bits per heavy atom. The number of hydrogen-bond acceptors (Lipinski definition) is 3. The van der Waals surface area contributed by atoms with E-state index in [2.05, 4.69) is 5.32 Å². The number of piperazine rings is 1. The molecule has 2 rings (SSSR count). The smallest absolute Gasteiger partial charge is 0.232 e. The van der Waals surface area contributed by atoms with Gasteiger partial charge in [-0.3, -0.25) is 9.59 Å². The predicted molar refractivity (Wildman–Crippen MR) is 89.3 cm³/mol. The van der Waals surface area contributed by atoms with Crippen molar-refractivity contribution in [1.29, 1.82) is 0 Å². The molecule has 1 unspecified atom stereocenters. The van der Waals surface area contributed by atoms with Crippen molar-refractivity contribution in [3.63, 3.8) is 0 Å². The van der Waals surface area contributed by atoms with Gasteiger partial charge in [0, 0.05) is 38.8 Å². The van der Waals surface area contributed by atoms with E-state index in [1.165, 1.54) is 4.90 Å². The fourth-order valence-corrected chi connectivity index (χ4v) is 2.60. The first-order valence-electron chi connectivity index (χ1n) is 6.95. The summed E-state index contributed by atoms with van der Waals surface area (Å²) in [6.45, 7) is 2.00. The summed E-state index contributed by atoms with van der Waals surface area (Å²) in [5.41, 5.74) is 0.986. The SMILES string of the molecule is CN(C)C(=O)CC(=O)N1CCNCC1c1cccc(Cl)c1.Cl. The third-order valence-corrected chi connectivity index (χ3v) is 3.83. The summed E-state index contributed by atoms with van der Waals surface area (Å²) in [5, 5.41) is 3.93. The van der Waals surface area contributed by atoms with Gasteiger partial charge in [0.25, 0.3) is 0 Å². The Kier molecular flexibility index (Phi) is 7.13. The highest BCUT2D eigenvalue weighted by Crippen LogP contribution is 2.25. The lowest BCUT2D eigenvalue weighted by molar-refractivity contribution is -0.141. The van der Waals surface area contributed by atoms with Crippen molar-refractivity contribution in [2.24, 2.45) is 0 Å². The van der Waals surface area contributed by atoms with Crippen molar-refractivity contribution in [1.82, 2.24) is 15.1 Å². The molecule has 7 heteroatoms. The van der Waals surface area contributed by atoms with E-state index in [1.807, 2.05) is 24.3 Å². The van der Waals surface area contributed by atoms with Crippen LogP contribution in [0.1, 0.15) is 18.0 Å². The molecule has 2 amide bonds. The van der Waals surface area contributed by atoms with E-state index in [-0.39, 0.29) is 36.7 Å². The molecule has 1 atom stereocenters. The topological polar surface area (TPSA) is 52.7 Å². The van der Waals surface area contributed by atoms with E-state index in [0.717, 1.165) is 12.1 Å². The molecule has 1 aromatic carbocycles. The molecule has 0 aliphatic carbocycles. The van der Waals surface area contributed by atoms with Crippen LogP contribution in [0.15, 0.2) is 24.3 Å². The maximum atomic E-state index is 12.4. The van der Waals surface area contributed by atoms with E-state index < -0.39 is 0 Å². The van der Waals surface area contributed by atoms with E-state index >= 15 is 0 Å². The fourth-order valence-electron chi connectivity index (χ4n) is 2.40. The second-order valence-corrected chi connectivity index (χ2v) is 5.76. The van der Waals surface area contributed by atoms with Gasteiger partial charge in [-0.25, -0.2) is 0 Å². The fraction of sp³-hybridized carbons (Fsp3) is 0.467. The third kappa shape index (κ3) is 4.60. The quantitative estimate of drug-likeness (QED) is 0.848. The van der Waals surface area contributed by atoms with Crippen LogP contribution in [0.5, 0.6) is 0 Å². The number of hydrogen-bond donors (Lipinski definition) is 1. The van der Waals surface area contributed by atoms with Crippen LogP contribution in [0.3, 0.4) is 0 Å². The lowest BCUT2D eigenvalue weighted by Crippen LogP contribution is -2.49. The minimum Gasteiger partial charge on any atom is -0.348 e. The molecule has 1 N–H and O–H groups in total. The van der Waals surface area contributed by atoms with Crippen molar-refractivity contribution >= 4 is 35.8 Å². The largest absolute Gasteiger partial charge is 0.348 e. The lowest BCUT2D eigenvalue weighted by atomic mass is 10.0. The van der Waals surface area contributed by atoms with E-state index in [0.29, 0.717) is 18.1 Å². The van der Waals surface area contributed by atoms with Gasteiger partial charge in [-0.15, -0.1) is 12.4 Å². The van der Waals surface area contributed by atoms with Crippen molar-refractivity contribution in [2.75, 3.05) is 33.7 Å². The Morgan fingerprint density at radius 1 is 1.41 bits per heavy atom. The molecule has 1 heterocycles. The molecule has 0 aromatic heterocycles. The summed E-state index contributed by atoms with van der Waals surface area (Å²) in [6, 6.07) is 7.42. The zero-order valence-electron chi connectivity index (χ0n) is 12.7. The average molecular weight is 346 g/mol. The molecule has 122 valence electrons. The van der Waals surface area contributed by atoms with Crippen LogP contribution in [0.4, 0.5) is 0 Å². The van der Waals surface area contributed by atoms with Gasteiger partial charge in [-0.1, -0.05) is 23.7 Å². The summed E-state index contributed by atoms with van der Waals surface area (Å²) < 4.78 is 0. The second-order valence-electron chi connectivity index (χ2n) is 5.33. The molecule has 5 nitrogen and oxygen atoms in total. The molecule has 1 aromatic rings. The van der Waals surface area contributed by atoms with Gasteiger partial charge in [0.15, 0.2) is 0 Å². The normalized spacial score (nSPS) is 17.6. The molecule has 0 spiro atoms. The number of carbonyl (C=O) groups is 2. The van der Waals surface area contributed by atoms with Crippen LogP contribution in [0, 0.1) is 0 Å². The minimum atomic E-state index is -0.177. The van der Waals surface area contributed by atoms with E-state index in [1.54, 1.807) is 19.0 Å². The maximum absolute atomic E-state index is 12.4. The molecule has 1 fully saturated rings. The Morgan fingerprint density at radius 3 is 2.77 bits per heavy atom. The minimum absolute atomic E-state index is 0. The standard InChI is InChI=1S/C15H20ClN3O2.ClH/c1-18(2)14(20)9-15(21)19-7-6-17-10-13(19)11-4-3-5-12(16)8-11;/h3-5,8,13,17H,6-7,9-10H2,1-2H3;1H. The zero-order chi connectivity index (χ0) is 15.4. The first kappa shape index (κ1) is 18.7. The van der Waals surface area contributed by atoms with Crippen molar-refractivity contribution in [3.05, 3.63) is 34.9 Å². The number of rotatable bonds is 3. The van der Waals surface area contributed by atoms with Crippen LogP contribution in [-0.2, 0) is 9.59 Å². The zero-order valence-corrected chi connectivity index (χ0v) is 14.3. The molecular weight excluding hydrogens is 325 g/mol. The highest BCUT2D eigenvalue weighted by atomic mass is 35.5. The van der Waals surface area contributed by atoms with Gasteiger partial charge in [0.1, 0.15) is 6.42 Å². The number of nitrogens with zero attached hydrogens (tertiary/aromatic N) is 2. The van der Waals surface area contributed by atoms with E-state index in [9.17, 15) is 9.59 Å². The molecule has 1 aliphatic rings. The van der Waals surface area contributed by atoms with Gasteiger partial charge >= 0.3 is 0 Å². The Bertz CT molecular complexity index is 537. The number of amides is 2. The Labute approximate surface area is 142 Å². The second kappa shape index (κ2) is 8.36. The van der Waals surface area contributed by atoms with Gasteiger partial charge in [0.05, 0.1) is 6.04 Å². The van der Waals surface area contributed by atoms with Gasteiger partial charge in [-0.2, -0.15) is 0 Å². The van der Waals surface area contributed by atoms with Gasteiger partial charge < -0.3 is 15.1 Å². The molecular formula is C15H21Cl2N3O2. The Balaban J connectivity index is 0.00000242. The van der Waals surface area contributed by atoms with Crippen LogP contribution < -0.4 is 5.32 Å². The third-order valence-electron chi connectivity index (χ3n) is 3.60. The Hall–Kier alpha value is -1.30. The van der Waals surface area contributed by atoms with Crippen molar-refractivity contribution in [2.45, 2.75) is 12.5 Å². The predicted octanol–water partition coefficient (Wildman–Crippen LogP) is 1.71. The summed E-state index contributed by atoms with van der Waals surface area (Å²) in [6.07, 6.45) is -0.0932. The molecule has 1 saturated heterocycles. The number of benzene rings is 1. The van der Waals surface area contributed by atoms with Gasteiger partial charge in [-0.05, 0) is 17.7 Å². The monoisotopic (exact) mass is 345 g/mol. The number of carbonyl (C=O) groups excluding carboxylic acids is 2. The summed E-state index contributed by atoms with van der Waals surface area (Å²) >= 11 is 6.03. The van der Waals surface area contributed by atoms with Crippen molar-refractivity contribution < 1.29 is 9.59 Å². The molecule has 22 heavy (non-hydrogen) atoms. The summed E-state index contributed by atoms with van der Waals surface area (Å²) in [5.74, 6) is -0.316.